The zero-order valence-corrected chi connectivity index (χ0v) is 8.57. The topological polar surface area (TPSA) is 51.2 Å². The van der Waals surface area contributed by atoms with Crippen molar-refractivity contribution in [3.8, 4) is 5.88 Å². The van der Waals surface area contributed by atoms with Crippen LogP contribution in [0.3, 0.4) is 0 Å². The first kappa shape index (κ1) is 10.5. The first-order chi connectivity index (χ1) is 6.63. The highest BCUT2D eigenvalue weighted by Gasteiger charge is 2.08. The summed E-state index contributed by atoms with van der Waals surface area (Å²) < 4.78 is 4.99. The van der Waals surface area contributed by atoms with Crippen molar-refractivity contribution in [3.63, 3.8) is 0 Å². The van der Waals surface area contributed by atoms with E-state index in [0.717, 1.165) is 5.69 Å². The standard InChI is InChI=1S/C10H14N2O2/c1-7(11-8(2)13)9-5-4-6-10(12-9)14-3/h4-7H,1-3H3,(H,11,13)/t7-/m1/s1. The van der Waals surface area contributed by atoms with Gasteiger partial charge in [-0.05, 0) is 13.0 Å². The summed E-state index contributed by atoms with van der Waals surface area (Å²) in [6.07, 6.45) is 0. The highest BCUT2D eigenvalue weighted by Crippen LogP contribution is 2.13. The largest absolute Gasteiger partial charge is 0.481 e. The molecule has 1 aromatic heterocycles. The van der Waals surface area contributed by atoms with Gasteiger partial charge in [0.05, 0.1) is 18.8 Å². The Bertz CT molecular complexity index is 326. The van der Waals surface area contributed by atoms with Crippen molar-refractivity contribution in [1.29, 1.82) is 0 Å². The maximum Gasteiger partial charge on any atom is 0.217 e. The monoisotopic (exact) mass is 194 g/mol. The lowest BCUT2D eigenvalue weighted by Crippen LogP contribution is -2.24. The van der Waals surface area contributed by atoms with Gasteiger partial charge in [-0.15, -0.1) is 0 Å². The number of pyridine rings is 1. The number of hydrogen-bond donors (Lipinski definition) is 1. The molecule has 76 valence electrons. The minimum Gasteiger partial charge on any atom is -0.481 e. The lowest BCUT2D eigenvalue weighted by Gasteiger charge is -2.12. The molecule has 0 bridgehead atoms. The second-order valence-electron chi connectivity index (χ2n) is 3.03. The van der Waals surface area contributed by atoms with Gasteiger partial charge in [0.15, 0.2) is 0 Å². The fraction of sp³-hybridized carbons (Fsp3) is 0.400. The lowest BCUT2D eigenvalue weighted by molar-refractivity contribution is -0.119. The first-order valence-corrected chi connectivity index (χ1v) is 4.41. The predicted molar refractivity (Wildman–Crippen MR) is 53.0 cm³/mol. The molecule has 0 radical (unpaired) electrons. The molecular weight excluding hydrogens is 180 g/mol. The van der Waals surface area contributed by atoms with Gasteiger partial charge in [0, 0.05) is 13.0 Å². The molecule has 1 aromatic rings. The van der Waals surface area contributed by atoms with Crippen LogP contribution in [0.1, 0.15) is 25.6 Å². The van der Waals surface area contributed by atoms with E-state index in [9.17, 15) is 4.79 Å². The van der Waals surface area contributed by atoms with Crippen LogP contribution >= 0.6 is 0 Å². The zero-order chi connectivity index (χ0) is 10.6. The highest BCUT2D eigenvalue weighted by molar-refractivity contribution is 5.73. The average Bonchev–Trinajstić information content (AvgIpc) is 2.17. The fourth-order valence-corrected chi connectivity index (χ4v) is 1.16. The molecular formula is C10H14N2O2. The smallest absolute Gasteiger partial charge is 0.217 e. The normalized spacial score (nSPS) is 11.9. The van der Waals surface area contributed by atoms with Crippen molar-refractivity contribution in [2.45, 2.75) is 19.9 Å². The lowest BCUT2D eigenvalue weighted by atomic mass is 10.2. The SMILES string of the molecule is COc1cccc([C@@H](C)NC(C)=O)n1. The van der Waals surface area contributed by atoms with E-state index in [1.807, 2.05) is 19.1 Å². The molecule has 0 saturated heterocycles. The second kappa shape index (κ2) is 4.60. The molecule has 1 N–H and O–H groups in total. The molecule has 14 heavy (non-hydrogen) atoms. The molecule has 1 heterocycles. The zero-order valence-electron chi connectivity index (χ0n) is 8.57. The van der Waals surface area contributed by atoms with E-state index in [0.29, 0.717) is 5.88 Å². The summed E-state index contributed by atoms with van der Waals surface area (Å²) >= 11 is 0. The Hall–Kier alpha value is -1.58. The van der Waals surface area contributed by atoms with Gasteiger partial charge in [-0.2, -0.15) is 0 Å². The number of nitrogens with one attached hydrogen (secondary N) is 1. The average molecular weight is 194 g/mol. The molecule has 0 spiro atoms. The number of amides is 1. The maximum atomic E-state index is 10.8. The Morgan fingerprint density at radius 3 is 2.86 bits per heavy atom. The number of methoxy groups -OCH3 is 1. The highest BCUT2D eigenvalue weighted by atomic mass is 16.5. The molecule has 4 heteroatoms. The van der Waals surface area contributed by atoms with Crippen LogP contribution in [0, 0.1) is 0 Å². The van der Waals surface area contributed by atoms with E-state index in [2.05, 4.69) is 10.3 Å². The first-order valence-electron chi connectivity index (χ1n) is 4.41. The predicted octanol–water partition coefficient (Wildman–Crippen LogP) is 1.29. The molecule has 0 aliphatic carbocycles. The van der Waals surface area contributed by atoms with Crippen molar-refractivity contribution >= 4 is 5.91 Å². The van der Waals surface area contributed by atoms with Gasteiger partial charge in [-0.1, -0.05) is 6.07 Å². The Labute approximate surface area is 83.3 Å². The van der Waals surface area contributed by atoms with Crippen molar-refractivity contribution in [3.05, 3.63) is 23.9 Å². The fourth-order valence-electron chi connectivity index (χ4n) is 1.16. The Morgan fingerprint density at radius 1 is 1.57 bits per heavy atom. The van der Waals surface area contributed by atoms with Gasteiger partial charge >= 0.3 is 0 Å². The third-order valence-electron chi connectivity index (χ3n) is 1.82. The summed E-state index contributed by atoms with van der Waals surface area (Å²) in [5, 5.41) is 2.75. The summed E-state index contributed by atoms with van der Waals surface area (Å²) in [6.45, 7) is 3.36. The van der Waals surface area contributed by atoms with Crippen LogP contribution < -0.4 is 10.1 Å². The maximum absolute atomic E-state index is 10.8. The van der Waals surface area contributed by atoms with E-state index in [1.165, 1.54) is 6.92 Å². The van der Waals surface area contributed by atoms with Crippen LogP contribution in [0.2, 0.25) is 0 Å². The van der Waals surface area contributed by atoms with Crippen LogP contribution in [0.4, 0.5) is 0 Å². The minimum atomic E-state index is -0.0948. The number of nitrogens with zero attached hydrogens (tertiary/aromatic N) is 1. The Morgan fingerprint density at radius 2 is 2.29 bits per heavy atom. The number of ether oxygens (including phenoxy) is 1. The van der Waals surface area contributed by atoms with Crippen LogP contribution in [-0.4, -0.2) is 18.0 Å². The molecule has 0 fully saturated rings. The van der Waals surface area contributed by atoms with E-state index in [-0.39, 0.29) is 11.9 Å². The number of hydrogen-bond acceptors (Lipinski definition) is 3. The number of carbonyl (C=O) groups is 1. The van der Waals surface area contributed by atoms with Gasteiger partial charge in [0.25, 0.3) is 0 Å². The molecule has 0 aliphatic heterocycles. The summed E-state index contributed by atoms with van der Waals surface area (Å²) in [4.78, 5) is 15.0. The summed E-state index contributed by atoms with van der Waals surface area (Å²) in [5.74, 6) is 0.488. The Balaban J connectivity index is 2.78. The van der Waals surface area contributed by atoms with Gasteiger partial charge < -0.3 is 10.1 Å². The number of aromatic nitrogens is 1. The number of carbonyl (C=O) groups excluding carboxylic acids is 1. The van der Waals surface area contributed by atoms with Crippen molar-refractivity contribution in [2.24, 2.45) is 0 Å². The van der Waals surface area contributed by atoms with Gasteiger partial charge in [-0.3, -0.25) is 4.79 Å². The van der Waals surface area contributed by atoms with E-state index in [4.69, 9.17) is 4.74 Å². The summed E-state index contributed by atoms with van der Waals surface area (Å²) in [6, 6.07) is 5.37. The van der Waals surface area contributed by atoms with Crippen LogP contribution in [0.5, 0.6) is 5.88 Å². The van der Waals surface area contributed by atoms with Crippen LogP contribution in [-0.2, 0) is 4.79 Å². The van der Waals surface area contributed by atoms with Crippen LogP contribution in [0.25, 0.3) is 0 Å². The van der Waals surface area contributed by atoms with E-state index >= 15 is 0 Å². The molecule has 0 saturated carbocycles. The number of rotatable bonds is 3. The molecule has 0 unspecified atom stereocenters. The van der Waals surface area contributed by atoms with Crippen molar-refractivity contribution in [2.75, 3.05) is 7.11 Å². The van der Waals surface area contributed by atoms with Crippen molar-refractivity contribution < 1.29 is 9.53 Å². The van der Waals surface area contributed by atoms with Gasteiger partial charge in [0.1, 0.15) is 0 Å². The van der Waals surface area contributed by atoms with Crippen LogP contribution in [0.15, 0.2) is 18.2 Å². The minimum absolute atomic E-state index is 0.0675. The second-order valence-corrected chi connectivity index (χ2v) is 3.03. The van der Waals surface area contributed by atoms with Crippen molar-refractivity contribution in [1.82, 2.24) is 10.3 Å². The van der Waals surface area contributed by atoms with E-state index in [1.54, 1.807) is 13.2 Å². The molecule has 1 amide bonds. The quantitative estimate of drug-likeness (QED) is 0.788. The third-order valence-corrected chi connectivity index (χ3v) is 1.82. The third kappa shape index (κ3) is 2.73. The summed E-state index contributed by atoms with van der Waals surface area (Å²) in [7, 11) is 1.56. The Kier molecular flexibility index (Phi) is 3.45. The van der Waals surface area contributed by atoms with Gasteiger partial charge in [-0.25, -0.2) is 4.98 Å². The van der Waals surface area contributed by atoms with E-state index < -0.39 is 0 Å². The molecule has 0 aromatic carbocycles. The molecule has 1 atom stereocenters. The molecule has 1 rings (SSSR count). The molecule has 0 aliphatic rings. The molecule has 4 nitrogen and oxygen atoms in total. The van der Waals surface area contributed by atoms with Gasteiger partial charge in [0.2, 0.25) is 11.8 Å². The summed E-state index contributed by atoms with van der Waals surface area (Å²) in [5.41, 5.74) is 0.791.